The highest BCUT2D eigenvalue weighted by Crippen LogP contribution is 2.09. The van der Waals surface area contributed by atoms with Gasteiger partial charge in [-0.1, -0.05) is 11.3 Å². The fourth-order valence-corrected chi connectivity index (χ4v) is 1.44. The van der Waals surface area contributed by atoms with E-state index in [1.54, 1.807) is 0 Å². The van der Waals surface area contributed by atoms with Crippen LogP contribution in [0.2, 0.25) is 0 Å². The molecule has 1 aromatic heterocycles. The van der Waals surface area contributed by atoms with Crippen molar-refractivity contribution in [3.05, 3.63) is 15.0 Å². The van der Waals surface area contributed by atoms with Crippen LogP contribution in [0, 0.1) is 0 Å². The number of thiazole rings is 1. The predicted molar refractivity (Wildman–Crippen MR) is 45.5 cm³/mol. The Morgan fingerprint density at radius 2 is 2.42 bits per heavy atom. The van der Waals surface area contributed by atoms with Crippen LogP contribution in [-0.2, 0) is 11.3 Å². The van der Waals surface area contributed by atoms with Gasteiger partial charge in [-0.15, -0.1) is 0 Å². The van der Waals surface area contributed by atoms with Crippen LogP contribution < -0.4 is 4.87 Å². The van der Waals surface area contributed by atoms with Crippen LogP contribution in [-0.4, -0.2) is 15.5 Å². The maximum absolute atomic E-state index is 11.0. The molecule has 0 radical (unpaired) electrons. The number of Topliss-reactive ketones (excluding diaryl/α,β-unsaturated/α-hetero) is 1. The van der Waals surface area contributed by atoms with Gasteiger partial charge < -0.3 is 5.11 Å². The lowest BCUT2D eigenvalue weighted by molar-refractivity contribution is -0.117. The van der Waals surface area contributed by atoms with E-state index >= 15 is 0 Å². The highest BCUT2D eigenvalue weighted by molar-refractivity contribution is 7.07. The SMILES string of the molecule is CC(=O)CCn1c(O)csc1=O. The summed E-state index contributed by atoms with van der Waals surface area (Å²) in [6.07, 6.45) is 0.282. The van der Waals surface area contributed by atoms with Gasteiger partial charge in [-0.2, -0.15) is 0 Å². The molecule has 0 aliphatic rings. The lowest BCUT2D eigenvalue weighted by Crippen LogP contribution is -2.14. The molecule has 4 nitrogen and oxygen atoms in total. The summed E-state index contributed by atoms with van der Waals surface area (Å²) in [6, 6.07) is 0. The Balaban J connectivity index is 2.75. The summed E-state index contributed by atoms with van der Waals surface area (Å²) < 4.78 is 1.19. The molecule has 5 heteroatoms. The predicted octanol–water partition coefficient (Wildman–Crippen LogP) is 0.595. The first-order valence-electron chi connectivity index (χ1n) is 3.48. The Kier molecular flexibility index (Phi) is 2.65. The molecule has 0 spiro atoms. The molecule has 0 aliphatic heterocycles. The van der Waals surface area contributed by atoms with Crippen molar-refractivity contribution in [1.82, 2.24) is 4.57 Å². The molecular weight excluding hydrogens is 178 g/mol. The molecule has 0 bridgehead atoms. The zero-order valence-electron chi connectivity index (χ0n) is 6.61. The van der Waals surface area contributed by atoms with Crippen molar-refractivity contribution in [2.75, 3.05) is 0 Å². The van der Waals surface area contributed by atoms with Gasteiger partial charge in [0.15, 0.2) is 0 Å². The van der Waals surface area contributed by atoms with Crippen molar-refractivity contribution in [2.24, 2.45) is 0 Å². The Bertz CT molecular complexity index is 339. The van der Waals surface area contributed by atoms with Gasteiger partial charge >= 0.3 is 4.87 Å². The van der Waals surface area contributed by atoms with Crippen LogP contribution in [0.15, 0.2) is 10.2 Å². The lowest BCUT2D eigenvalue weighted by atomic mass is 10.3. The van der Waals surface area contributed by atoms with Crippen molar-refractivity contribution < 1.29 is 9.90 Å². The standard InChI is InChI=1S/C7H9NO3S/c1-5(9)2-3-8-6(10)4-12-7(8)11/h4,10H,2-3H2,1H3. The average Bonchev–Trinajstić information content (AvgIpc) is 2.28. The monoisotopic (exact) mass is 187 g/mol. The number of carbonyl (C=O) groups is 1. The molecule has 12 heavy (non-hydrogen) atoms. The molecule has 0 fully saturated rings. The summed E-state index contributed by atoms with van der Waals surface area (Å²) in [5.74, 6) is -0.0567. The van der Waals surface area contributed by atoms with Gasteiger partial charge in [0.2, 0.25) is 5.88 Å². The molecule has 0 unspecified atom stereocenters. The van der Waals surface area contributed by atoms with Gasteiger partial charge in [0.25, 0.3) is 0 Å². The summed E-state index contributed by atoms with van der Waals surface area (Å²) in [5.41, 5.74) is 0. The highest BCUT2D eigenvalue weighted by Gasteiger charge is 2.04. The molecule has 0 amide bonds. The van der Waals surface area contributed by atoms with E-state index in [1.165, 1.54) is 16.9 Å². The quantitative estimate of drug-likeness (QED) is 0.753. The number of nitrogens with zero attached hydrogens (tertiary/aromatic N) is 1. The molecule has 1 heterocycles. The van der Waals surface area contributed by atoms with E-state index in [9.17, 15) is 9.59 Å². The van der Waals surface area contributed by atoms with E-state index in [1.807, 2.05) is 0 Å². The minimum atomic E-state index is -0.228. The molecule has 0 saturated carbocycles. The summed E-state index contributed by atoms with van der Waals surface area (Å²) in [6.45, 7) is 1.72. The van der Waals surface area contributed by atoms with Crippen molar-refractivity contribution in [3.63, 3.8) is 0 Å². The van der Waals surface area contributed by atoms with Crippen LogP contribution >= 0.6 is 11.3 Å². The second-order valence-electron chi connectivity index (χ2n) is 2.46. The van der Waals surface area contributed by atoms with Crippen LogP contribution in [0.4, 0.5) is 0 Å². The van der Waals surface area contributed by atoms with E-state index in [2.05, 4.69) is 0 Å². The zero-order chi connectivity index (χ0) is 9.14. The summed E-state index contributed by atoms with van der Waals surface area (Å²) in [5, 5.41) is 10.5. The Hall–Kier alpha value is -1.10. The minimum Gasteiger partial charge on any atom is -0.494 e. The second kappa shape index (κ2) is 3.53. The van der Waals surface area contributed by atoms with E-state index in [0.717, 1.165) is 11.3 Å². The Morgan fingerprint density at radius 1 is 1.75 bits per heavy atom. The summed E-state index contributed by atoms with van der Waals surface area (Å²) >= 11 is 0.929. The number of hydrogen-bond donors (Lipinski definition) is 1. The lowest BCUT2D eigenvalue weighted by Gasteiger charge is -1.99. The summed E-state index contributed by atoms with van der Waals surface area (Å²) in [4.78, 5) is 21.3. The van der Waals surface area contributed by atoms with Gasteiger partial charge in [0.05, 0.1) is 5.38 Å². The number of aromatic nitrogens is 1. The largest absolute Gasteiger partial charge is 0.494 e. The molecule has 0 aromatic carbocycles. The average molecular weight is 187 g/mol. The number of ketones is 1. The van der Waals surface area contributed by atoms with E-state index in [4.69, 9.17) is 5.11 Å². The minimum absolute atomic E-state index is 0.00694. The van der Waals surface area contributed by atoms with E-state index < -0.39 is 0 Å². The maximum Gasteiger partial charge on any atom is 0.309 e. The smallest absolute Gasteiger partial charge is 0.309 e. The van der Waals surface area contributed by atoms with Gasteiger partial charge in [0, 0.05) is 13.0 Å². The number of aromatic hydroxyl groups is 1. The van der Waals surface area contributed by atoms with E-state index in [-0.39, 0.29) is 29.5 Å². The van der Waals surface area contributed by atoms with Gasteiger partial charge in [0.1, 0.15) is 5.78 Å². The second-order valence-corrected chi connectivity index (χ2v) is 3.28. The third-order valence-corrected chi connectivity index (χ3v) is 2.20. The van der Waals surface area contributed by atoms with Crippen molar-refractivity contribution in [2.45, 2.75) is 19.9 Å². The number of hydrogen-bond acceptors (Lipinski definition) is 4. The van der Waals surface area contributed by atoms with Gasteiger partial charge in [-0.3, -0.25) is 14.2 Å². The van der Waals surface area contributed by atoms with Crippen molar-refractivity contribution >= 4 is 17.1 Å². The summed E-state index contributed by atoms with van der Waals surface area (Å²) in [7, 11) is 0. The number of rotatable bonds is 3. The molecule has 1 rings (SSSR count). The van der Waals surface area contributed by atoms with Crippen molar-refractivity contribution in [1.29, 1.82) is 0 Å². The van der Waals surface area contributed by atoms with Crippen molar-refractivity contribution in [3.8, 4) is 5.88 Å². The molecule has 66 valence electrons. The first-order chi connectivity index (χ1) is 5.61. The fraction of sp³-hybridized carbons (Fsp3) is 0.429. The van der Waals surface area contributed by atoms with Crippen LogP contribution in [0.3, 0.4) is 0 Å². The van der Waals surface area contributed by atoms with Crippen LogP contribution in [0.25, 0.3) is 0 Å². The Morgan fingerprint density at radius 3 is 2.83 bits per heavy atom. The van der Waals surface area contributed by atoms with E-state index in [0.29, 0.717) is 0 Å². The normalized spacial score (nSPS) is 10.1. The first-order valence-corrected chi connectivity index (χ1v) is 4.36. The molecule has 1 aromatic rings. The highest BCUT2D eigenvalue weighted by atomic mass is 32.1. The van der Waals surface area contributed by atoms with Gasteiger partial charge in [-0.25, -0.2) is 0 Å². The molecular formula is C7H9NO3S. The Labute approximate surface area is 73.1 Å². The topological polar surface area (TPSA) is 59.3 Å². The molecule has 0 saturated heterocycles. The van der Waals surface area contributed by atoms with Crippen LogP contribution in [0.1, 0.15) is 13.3 Å². The van der Waals surface area contributed by atoms with Crippen LogP contribution in [0.5, 0.6) is 5.88 Å². The first kappa shape index (κ1) is 8.99. The third-order valence-electron chi connectivity index (χ3n) is 1.45. The molecule has 0 aliphatic carbocycles. The maximum atomic E-state index is 11.0. The molecule has 1 N–H and O–H groups in total. The number of carbonyl (C=O) groups excluding carboxylic acids is 1. The fourth-order valence-electron chi connectivity index (χ4n) is 0.799. The third kappa shape index (κ3) is 1.94. The zero-order valence-corrected chi connectivity index (χ0v) is 7.43. The van der Waals surface area contributed by atoms with Gasteiger partial charge in [-0.05, 0) is 6.92 Å². The molecule has 0 atom stereocenters.